The lowest BCUT2D eigenvalue weighted by Gasteiger charge is -2.52. The summed E-state index contributed by atoms with van der Waals surface area (Å²) in [6.45, 7) is 2.06. The zero-order chi connectivity index (χ0) is 20.2. The molecule has 2 saturated heterocycles. The van der Waals surface area contributed by atoms with E-state index in [9.17, 15) is 15.8 Å². The summed E-state index contributed by atoms with van der Waals surface area (Å²) in [5.74, 6) is -1.33. The van der Waals surface area contributed by atoms with Gasteiger partial charge in [-0.25, -0.2) is 0 Å². The molecule has 1 aliphatic carbocycles. The van der Waals surface area contributed by atoms with E-state index in [-0.39, 0.29) is 11.8 Å². The van der Waals surface area contributed by atoms with Crippen LogP contribution in [0.1, 0.15) is 37.9 Å². The van der Waals surface area contributed by atoms with Crippen LogP contribution in [-0.4, -0.2) is 18.8 Å². The Morgan fingerprint density at radius 3 is 2.54 bits per heavy atom. The van der Waals surface area contributed by atoms with Crippen molar-refractivity contribution >= 4 is 5.90 Å². The fourth-order valence-electron chi connectivity index (χ4n) is 5.19. The van der Waals surface area contributed by atoms with Crippen molar-refractivity contribution in [3.8, 4) is 24.0 Å². The first kappa shape index (κ1) is 18.3. The number of rotatable bonds is 2. The van der Waals surface area contributed by atoms with Gasteiger partial charge < -0.3 is 14.2 Å². The first-order valence-electron chi connectivity index (χ1n) is 9.27. The zero-order valence-corrected chi connectivity index (χ0v) is 15.7. The minimum Gasteiger partial charge on any atom is -0.496 e. The van der Waals surface area contributed by atoms with Gasteiger partial charge in [0.15, 0.2) is 5.41 Å². The standard InChI is InChI=1S/C21H20N4O3/c1-13-7-8-21-16(9-13)20(12-24,18(25)28-21)19(10-22,11-23)17(27-21)14-5-3-4-6-15(14)26-2/h3-6,13,16-17,25H,7-9H2,1-2H3. The average Bonchev–Trinajstić information content (AvgIpc) is 2.91. The smallest absolute Gasteiger partial charge is 0.217 e. The van der Waals surface area contributed by atoms with Gasteiger partial charge in [0.05, 0.1) is 31.2 Å². The Morgan fingerprint density at radius 1 is 1.18 bits per heavy atom. The number of benzene rings is 1. The maximum absolute atomic E-state index is 10.3. The van der Waals surface area contributed by atoms with Crippen LogP contribution in [0.3, 0.4) is 0 Å². The van der Waals surface area contributed by atoms with Crippen molar-refractivity contribution in [3.05, 3.63) is 29.8 Å². The molecule has 0 spiro atoms. The molecular weight excluding hydrogens is 356 g/mol. The van der Waals surface area contributed by atoms with Crippen molar-refractivity contribution in [3.63, 3.8) is 0 Å². The van der Waals surface area contributed by atoms with Crippen molar-refractivity contribution in [2.45, 2.75) is 38.1 Å². The van der Waals surface area contributed by atoms with E-state index in [1.54, 1.807) is 24.3 Å². The molecule has 0 aromatic heterocycles. The van der Waals surface area contributed by atoms with Crippen LogP contribution in [0.4, 0.5) is 0 Å². The van der Waals surface area contributed by atoms with E-state index < -0.39 is 28.6 Å². The highest BCUT2D eigenvalue weighted by Crippen LogP contribution is 2.70. The molecule has 2 heterocycles. The molecule has 0 amide bonds. The van der Waals surface area contributed by atoms with E-state index in [1.807, 2.05) is 0 Å². The molecule has 2 aliphatic heterocycles. The third kappa shape index (κ3) is 1.91. The molecular formula is C21H20N4O3. The van der Waals surface area contributed by atoms with Gasteiger partial charge in [-0.1, -0.05) is 25.1 Å². The van der Waals surface area contributed by atoms with Crippen LogP contribution in [-0.2, 0) is 9.47 Å². The molecule has 142 valence electrons. The van der Waals surface area contributed by atoms with Crippen molar-refractivity contribution in [2.75, 3.05) is 7.11 Å². The molecule has 5 atom stereocenters. The van der Waals surface area contributed by atoms with Crippen LogP contribution in [0.2, 0.25) is 0 Å². The molecule has 0 radical (unpaired) electrons. The predicted molar refractivity (Wildman–Crippen MR) is 96.6 cm³/mol. The summed E-state index contributed by atoms with van der Waals surface area (Å²) in [7, 11) is 1.50. The molecule has 1 aromatic carbocycles. The van der Waals surface area contributed by atoms with Crippen molar-refractivity contribution < 1.29 is 14.2 Å². The van der Waals surface area contributed by atoms with Gasteiger partial charge in [-0.05, 0) is 24.8 Å². The number of nitriles is 3. The van der Waals surface area contributed by atoms with Crippen LogP contribution in [0, 0.1) is 62.1 Å². The van der Waals surface area contributed by atoms with Crippen LogP contribution in [0.25, 0.3) is 0 Å². The summed E-state index contributed by atoms with van der Waals surface area (Å²) in [6, 6.07) is 13.3. The average molecular weight is 376 g/mol. The largest absolute Gasteiger partial charge is 0.496 e. The van der Waals surface area contributed by atoms with Gasteiger partial charge in [0.2, 0.25) is 17.1 Å². The molecule has 5 unspecified atom stereocenters. The monoisotopic (exact) mass is 376 g/mol. The predicted octanol–water partition coefficient (Wildman–Crippen LogP) is 3.45. The summed E-state index contributed by atoms with van der Waals surface area (Å²) in [5, 5.41) is 39.3. The third-order valence-corrected chi connectivity index (χ3v) is 6.59. The topological polar surface area (TPSA) is 123 Å². The van der Waals surface area contributed by atoms with Crippen LogP contribution in [0.5, 0.6) is 5.75 Å². The lowest BCUT2D eigenvalue weighted by molar-refractivity contribution is -0.298. The molecule has 1 saturated carbocycles. The van der Waals surface area contributed by atoms with Crippen molar-refractivity contribution in [2.24, 2.45) is 22.7 Å². The maximum Gasteiger partial charge on any atom is 0.217 e. The van der Waals surface area contributed by atoms with Gasteiger partial charge in [-0.3, -0.25) is 5.41 Å². The Kier molecular flexibility index (Phi) is 3.89. The number of nitrogens with zero attached hydrogens (tertiary/aromatic N) is 3. The number of nitrogens with one attached hydrogen (secondary N) is 1. The van der Waals surface area contributed by atoms with Crippen LogP contribution in [0.15, 0.2) is 24.3 Å². The second-order valence-corrected chi connectivity index (χ2v) is 7.87. The Balaban J connectivity index is 2.02. The number of hydrogen-bond donors (Lipinski definition) is 1. The fourth-order valence-corrected chi connectivity index (χ4v) is 5.19. The summed E-state index contributed by atoms with van der Waals surface area (Å²) in [6.07, 6.45) is 0.796. The van der Waals surface area contributed by atoms with Crippen molar-refractivity contribution in [1.82, 2.24) is 0 Å². The highest BCUT2D eigenvalue weighted by Gasteiger charge is 2.81. The Hall–Kier alpha value is -3.08. The quantitative estimate of drug-likeness (QED) is 0.843. The van der Waals surface area contributed by atoms with Gasteiger partial charge in [0.1, 0.15) is 11.9 Å². The highest BCUT2D eigenvalue weighted by molar-refractivity contribution is 5.89. The van der Waals surface area contributed by atoms with Crippen LogP contribution < -0.4 is 4.74 Å². The molecule has 2 bridgehead atoms. The molecule has 1 N–H and O–H groups in total. The maximum atomic E-state index is 10.3. The number of ether oxygens (including phenoxy) is 3. The van der Waals surface area contributed by atoms with E-state index in [2.05, 4.69) is 25.1 Å². The number of para-hydroxylation sites is 1. The highest BCUT2D eigenvalue weighted by atomic mass is 16.7. The van der Waals surface area contributed by atoms with Gasteiger partial charge in [-0.15, -0.1) is 0 Å². The minimum atomic E-state index is -1.94. The molecule has 3 fully saturated rings. The van der Waals surface area contributed by atoms with Gasteiger partial charge >= 0.3 is 0 Å². The lowest BCUT2D eigenvalue weighted by Crippen LogP contribution is -2.61. The first-order valence-corrected chi connectivity index (χ1v) is 9.27. The first-order chi connectivity index (χ1) is 13.4. The summed E-state index contributed by atoms with van der Waals surface area (Å²) < 4.78 is 17.7. The fraction of sp³-hybridized carbons (Fsp3) is 0.524. The van der Waals surface area contributed by atoms with E-state index in [1.165, 1.54) is 7.11 Å². The molecule has 7 heteroatoms. The summed E-state index contributed by atoms with van der Waals surface area (Å²) >= 11 is 0. The summed E-state index contributed by atoms with van der Waals surface area (Å²) in [5.41, 5.74) is -3.13. The Morgan fingerprint density at radius 2 is 1.89 bits per heavy atom. The number of methoxy groups -OCH3 is 1. The Bertz CT molecular complexity index is 957. The van der Waals surface area contributed by atoms with Gasteiger partial charge in [0, 0.05) is 12.0 Å². The SMILES string of the molecule is COc1ccccc1C1OC23CCC(C)CC2C(C#N)(C(=N)O3)C1(C#N)C#N. The molecule has 1 aromatic rings. The van der Waals surface area contributed by atoms with E-state index in [0.717, 1.165) is 6.42 Å². The van der Waals surface area contributed by atoms with E-state index >= 15 is 0 Å². The van der Waals surface area contributed by atoms with E-state index in [4.69, 9.17) is 19.6 Å². The molecule has 28 heavy (non-hydrogen) atoms. The van der Waals surface area contributed by atoms with Crippen molar-refractivity contribution in [1.29, 1.82) is 21.2 Å². The lowest BCUT2D eigenvalue weighted by atomic mass is 9.50. The molecule has 7 nitrogen and oxygen atoms in total. The molecule has 3 aliphatic rings. The second-order valence-electron chi connectivity index (χ2n) is 7.87. The molecule has 4 rings (SSSR count). The third-order valence-electron chi connectivity index (χ3n) is 6.59. The Labute approximate surface area is 163 Å². The minimum absolute atomic E-state index is 0.279. The summed E-state index contributed by atoms with van der Waals surface area (Å²) in [4.78, 5) is 0. The second kappa shape index (κ2) is 5.96. The zero-order valence-electron chi connectivity index (χ0n) is 15.7. The van der Waals surface area contributed by atoms with Gasteiger partial charge in [0.25, 0.3) is 0 Å². The normalized spacial score (nSPS) is 37.5. The number of hydrogen-bond acceptors (Lipinski definition) is 7. The van der Waals surface area contributed by atoms with Crippen LogP contribution >= 0.6 is 0 Å². The van der Waals surface area contributed by atoms with E-state index in [0.29, 0.717) is 24.2 Å². The van der Waals surface area contributed by atoms with Gasteiger partial charge in [-0.2, -0.15) is 15.8 Å².